The Morgan fingerprint density at radius 2 is 2.11 bits per heavy atom. The van der Waals surface area contributed by atoms with Crippen LogP contribution in [0.2, 0.25) is 5.79 Å². The molecular weight excluding hydrogens is 143 g/mol. The van der Waals surface area contributed by atoms with Gasteiger partial charge in [0.15, 0.2) is 0 Å². The van der Waals surface area contributed by atoms with E-state index in [-0.39, 0.29) is 0 Å². The third kappa shape index (κ3) is 5.17. The lowest BCUT2D eigenvalue weighted by Crippen LogP contribution is -2.18. The molecule has 1 nitrogen and oxygen atoms in total. The monoisotopic (exact) mass is 160 g/mol. The Hall–Kier alpha value is 0.709. The van der Waals surface area contributed by atoms with Gasteiger partial charge in [0.25, 0.3) is 0 Å². The summed E-state index contributed by atoms with van der Waals surface area (Å²) < 4.78 is 5.34. The van der Waals surface area contributed by atoms with Crippen LogP contribution in [0.1, 0.15) is 19.3 Å². The number of hydrogen-bond acceptors (Lipinski definition) is 1. The molecule has 0 amide bonds. The van der Waals surface area contributed by atoms with Crippen LogP contribution in [-0.4, -0.2) is 38.9 Å². The Kier molecular flexibility index (Phi) is 7.36. The molecule has 0 aromatic heterocycles. The second-order valence-corrected chi connectivity index (χ2v) is 3.47. The molecule has 1 atom stereocenters. The Labute approximate surface area is 69.0 Å². The molecule has 0 saturated carbocycles. The Bertz CT molecular complexity index is 55.0. The molecule has 0 spiro atoms. The van der Waals surface area contributed by atoms with Crippen molar-refractivity contribution in [2.24, 2.45) is 0 Å². The van der Waals surface area contributed by atoms with Crippen LogP contribution in [0.15, 0.2) is 0 Å². The SMILES string of the molecule is [CH3][AlH2].[SiH3]C1CCCCO1. The van der Waals surface area contributed by atoms with Crippen LogP contribution in [0.25, 0.3) is 0 Å². The summed E-state index contributed by atoms with van der Waals surface area (Å²) in [5, 5.41) is 0. The Balaban J connectivity index is 0.000000291. The summed E-state index contributed by atoms with van der Waals surface area (Å²) >= 11 is 1.31. The average molecular weight is 160 g/mol. The van der Waals surface area contributed by atoms with E-state index in [1.807, 2.05) is 0 Å². The molecule has 3 heteroatoms. The molecule has 1 aliphatic rings. The van der Waals surface area contributed by atoms with Crippen LogP contribution in [0.5, 0.6) is 0 Å². The van der Waals surface area contributed by atoms with Crippen LogP contribution in [-0.2, 0) is 4.74 Å². The van der Waals surface area contributed by atoms with E-state index in [0.717, 1.165) is 6.61 Å². The van der Waals surface area contributed by atoms with Crippen molar-refractivity contribution in [3.8, 4) is 0 Å². The zero-order valence-electron chi connectivity index (χ0n) is 6.81. The van der Waals surface area contributed by atoms with E-state index in [4.69, 9.17) is 4.74 Å². The maximum absolute atomic E-state index is 5.34. The van der Waals surface area contributed by atoms with Gasteiger partial charge < -0.3 is 4.74 Å². The van der Waals surface area contributed by atoms with E-state index < -0.39 is 0 Å². The third-order valence-corrected chi connectivity index (χ3v) is 2.32. The smallest absolute Gasteiger partial charge is 0.207 e. The van der Waals surface area contributed by atoms with Crippen molar-refractivity contribution in [3.05, 3.63) is 0 Å². The van der Waals surface area contributed by atoms with Gasteiger partial charge in [0, 0.05) is 22.6 Å². The second kappa shape index (κ2) is 6.82. The lowest BCUT2D eigenvalue weighted by atomic mass is 10.2. The number of ether oxygens (including phenoxy) is 1. The van der Waals surface area contributed by atoms with E-state index in [2.05, 4.69) is 5.79 Å². The van der Waals surface area contributed by atoms with Gasteiger partial charge in [0.1, 0.15) is 0 Å². The predicted molar refractivity (Wildman–Crippen MR) is 47.9 cm³/mol. The van der Waals surface area contributed by atoms with Crippen molar-refractivity contribution < 1.29 is 4.74 Å². The molecule has 1 rings (SSSR count). The van der Waals surface area contributed by atoms with Gasteiger partial charge in [0.05, 0.1) is 0 Å². The molecule has 1 unspecified atom stereocenters. The van der Waals surface area contributed by atoms with Gasteiger partial charge in [-0.3, -0.25) is 0 Å². The highest BCUT2D eigenvalue weighted by atomic mass is 28.1. The summed E-state index contributed by atoms with van der Waals surface area (Å²) in [6.45, 7) is 1.02. The van der Waals surface area contributed by atoms with E-state index in [0.29, 0.717) is 5.73 Å². The number of rotatable bonds is 0. The fourth-order valence-corrected chi connectivity index (χ4v) is 1.55. The first-order valence-electron chi connectivity index (χ1n) is 4.01. The molecule has 1 aliphatic heterocycles. The van der Waals surface area contributed by atoms with Gasteiger partial charge in [-0.15, -0.1) is 5.79 Å². The Morgan fingerprint density at radius 1 is 1.44 bits per heavy atom. The largest absolute Gasteiger partial charge is 0.383 e. The molecule has 0 radical (unpaired) electrons. The van der Waals surface area contributed by atoms with Crippen LogP contribution in [0.3, 0.4) is 0 Å². The van der Waals surface area contributed by atoms with Gasteiger partial charge in [-0.1, -0.05) is 0 Å². The van der Waals surface area contributed by atoms with Crippen molar-refractivity contribution >= 4 is 26.5 Å². The van der Waals surface area contributed by atoms with Gasteiger partial charge >= 0.3 is 0 Å². The summed E-state index contributed by atoms with van der Waals surface area (Å²) in [7, 11) is 1.23. The maximum atomic E-state index is 5.34. The van der Waals surface area contributed by atoms with E-state index in [1.165, 1.54) is 45.8 Å². The van der Waals surface area contributed by atoms with Crippen LogP contribution in [0.4, 0.5) is 0 Å². The number of hydrogen-bond donors (Lipinski definition) is 0. The third-order valence-electron chi connectivity index (χ3n) is 1.41. The molecule has 1 heterocycles. The predicted octanol–water partition coefficient (Wildman–Crippen LogP) is -0.454. The van der Waals surface area contributed by atoms with Gasteiger partial charge in [-0.05, 0) is 19.3 Å². The summed E-state index contributed by atoms with van der Waals surface area (Å²) in [4.78, 5) is 0. The second-order valence-electron chi connectivity index (χ2n) is 2.18. The van der Waals surface area contributed by atoms with E-state index in [1.54, 1.807) is 0 Å². The molecular formula is C6H17AlOSi. The minimum absolute atomic E-state index is 0.675. The quantitative estimate of drug-likeness (QED) is 0.436. The summed E-state index contributed by atoms with van der Waals surface area (Å²) in [5.74, 6) is 2.14. The normalized spacial score (nSPS) is 26.6. The fourth-order valence-electron chi connectivity index (χ4n) is 0.902. The van der Waals surface area contributed by atoms with E-state index >= 15 is 0 Å². The minimum atomic E-state index is 0.675. The zero-order valence-corrected chi connectivity index (χ0v) is 10.8. The highest BCUT2D eigenvalue weighted by Crippen LogP contribution is 2.08. The van der Waals surface area contributed by atoms with Crippen molar-refractivity contribution in [1.29, 1.82) is 0 Å². The standard InChI is InChI=1S/C5H12OSi.CH3.Al.2H/c7-5-3-1-2-4-6-5;;;;/h5H,1-4H2,7H3;1H3;;;. The molecule has 0 aliphatic carbocycles. The molecule has 0 aromatic rings. The van der Waals surface area contributed by atoms with Crippen molar-refractivity contribution in [2.75, 3.05) is 6.61 Å². The van der Waals surface area contributed by atoms with Crippen molar-refractivity contribution in [2.45, 2.75) is 30.8 Å². The van der Waals surface area contributed by atoms with Crippen LogP contribution < -0.4 is 0 Å². The van der Waals surface area contributed by atoms with Gasteiger partial charge in [-0.25, -0.2) is 0 Å². The molecule has 0 N–H and O–H groups in total. The molecule has 0 bridgehead atoms. The lowest BCUT2D eigenvalue weighted by molar-refractivity contribution is 0.0675. The van der Waals surface area contributed by atoms with Crippen LogP contribution in [0, 0.1) is 0 Å². The van der Waals surface area contributed by atoms with Crippen LogP contribution >= 0.6 is 0 Å². The average Bonchev–Trinajstić information content (AvgIpc) is 1.94. The van der Waals surface area contributed by atoms with Gasteiger partial charge in [0.2, 0.25) is 16.3 Å². The lowest BCUT2D eigenvalue weighted by Gasteiger charge is -2.17. The molecule has 1 saturated heterocycles. The highest BCUT2D eigenvalue weighted by Gasteiger charge is 2.05. The molecule has 9 heavy (non-hydrogen) atoms. The summed E-state index contributed by atoms with van der Waals surface area (Å²) in [6, 6.07) is 0. The topological polar surface area (TPSA) is 9.23 Å². The maximum Gasteiger partial charge on any atom is 0.207 e. The fraction of sp³-hybridized carbons (Fsp3) is 1.00. The van der Waals surface area contributed by atoms with Crippen molar-refractivity contribution in [1.82, 2.24) is 0 Å². The minimum Gasteiger partial charge on any atom is -0.383 e. The first-order valence-corrected chi connectivity index (χ1v) is 7.16. The van der Waals surface area contributed by atoms with Gasteiger partial charge in [-0.2, -0.15) is 0 Å². The first-order chi connectivity index (χ1) is 4.39. The summed E-state index contributed by atoms with van der Waals surface area (Å²) in [6.07, 6.45) is 4.01. The first kappa shape index (κ1) is 9.71. The van der Waals surface area contributed by atoms with Crippen molar-refractivity contribution in [3.63, 3.8) is 0 Å². The highest BCUT2D eigenvalue weighted by molar-refractivity contribution is 6.11. The Morgan fingerprint density at radius 3 is 2.33 bits per heavy atom. The molecule has 54 valence electrons. The zero-order chi connectivity index (χ0) is 7.11. The van der Waals surface area contributed by atoms with E-state index in [9.17, 15) is 0 Å². The molecule has 1 fully saturated rings. The molecule has 0 aromatic carbocycles. The summed E-state index contributed by atoms with van der Waals surface area (Å²) in [5.41, 5.74) is 0.675.